The SMILES string of the molecule is N#CCNC(=O)C(CNC(=O)c1ccccc1)S(=O)(=O)c1ccc2ccccc2c1. The van der Waals surface area contributed by atoms with Gasteiger partial charge < -0.3 is 10.6 Å². The Hall–Kier alpha value is -3.70. The Kier molecular flexibility index (Phi) is 6.45. The first-order valence-corrected chi connectivity index (χ1v) is 10.7. The molecule has 0 aliphatic carbocycles. The van der Waals surface area contributed by atoms with Crippen molar-refractivity contribution in [2.75, 3.05) is 13.1 Å². The zero-order valence-electron chi connectivity index (χ0n) is 15.9. The molecule has 0 aliphatic heterocycles. The van der Waals surface area contributed by atoms with Gasteiger partial charge in [0.1, 0.15) is 6.54 Å². The molecule has 0 heterocycles. The van der Waals surface area contributed by atoms with Crippen molar-refractivity contribution < 1.29 is 18.0 Å². The Bertz CT molecular complexity index is 1220. The standard InChI is InChI=1S/C22H19N3O4S/c23-12-13-24-22(27)20(15-25-21(26)17-7-2-1-3-8-17)30(28,29)19-11-10-16-6-4-5-9-18(16)14-19/h1-11,14,20H,13,15H2,(H,24,27)(H,25,26). The predicted octanol–water partition coefficient (Wildman–Crippen LogP) is 2.05. The van der Waals surface area contributed by atoms with E-state index in [1.807, 2.05) is 12.1 Å². The maximum atomic E-state index is 13.2. The summed E-state index contributed by atoms with van der Waals surface area (Å²) < 4.78 is 26.5. The van der Waals surface area contributed by atoms with E-state index >= 15 is 0 Å². The summed E-state index contributed by atoms with van der Waals surface area (Å²) in [5.41, 5.74) is 0.344. The minimum atomic E-state index is -4.14. The minimum absolute atomic E-state index is 0.0349. The maximum Gasteiger partial charge on any atom is 0.251 e. The van der Waals surface area contributed by atoms with Gasteiger partial charge in [-0.2, -0.15) is 5.26 Å². The quantitative estimate of drug-likeness (QED) is 0.567. The highest BCUT2D eigenvalue weighted by molar-refractivity contribution is 7.92. The van der Waals surface area contributed by atoms with Gasteiger partial charge in [0.25, 0.3) is 5.91 Å². The van der Waals surface area contributed by atoms with Gasteiger partial charge in [-0.3, -0.25) is 9.59 Å². The molecule has 0 spiro atoms. The zero-order valence-corrected chi connectivity index (χ0v) is 16.7. The molecule has 3 aromatic rings. The molecular weight excluding hydrogens is 402 g/mol. The normalized spacial score (nSPS) is 12.0. The van der Waals surface area contributed by atoms with Gasteiger partial charge in [-0.25, -0.2) is 8.42 Å². The van der Waals surface area contributed by atoms with E-state index in [2.05, 4.69) is 10.6 Å². The molecule has 3 rings (SSSR count). The van der Waals surface area contributed by atoms with Crippen molar-refractivity contribution in [1.29, 1.82) is 5.26 Å². The molecule has 30 heavy (non-hydrogen) atoms. The molecule has 0 aliphatic rings. The summed E-state index contributed by atoms with van der Waals surface area (Å²) in [6, 6.07) is 21.9. The highest BCUT2D eigenvalue weighted by Crippen LogP contribution is 2.22. The van der Waals surface area contributed by atoms with Gasteiger partial charge in [-0.05, 0) is 35.0 Å². The van der Waals surface area contributed by atoms with Crippen molar-refractivity contribution in [3.8, 4) is 6.07 Å². The van der Waals surface area contributed by atoms with Crippen molar-refractivity contribution in [1.82, 2.24) is 10.6 Å². The maximum absolute atomic E-state index is 13.2. The summed E-state index contributed by atoms with van der Waals surface area (Å²) in [6.07, 6.45) is 0. The number of carbonyl (C=O) groups is 2. The van der Waals surface area contributed by atoms with Gasteiger partial charge >= 0.3 is 0 Å². The molecule has 1 atom stereocenters. The fourth-order valence-electron chi connectivity index (χ4n) is 2.97. The molecule has 0 radical (unpaired) electrons. The van der Waals surface area contributed by atoms with Crippen LogP contribution in [0.4, 0.5) is 0 Å². The Morgan fingerprint density at radius 3 is 2.27 bits per heavy atom. The molecule has 7 nitrogen and oxygen atoms in total. The van der Waals surface area contributed by atoms with Crippen LogP contribution in [0.25, 0.3) is 10.8 Å². The molecule has 0 saturated carbocycles. The van der Waals surface area contributed by atoms with E-state index in [0.29, 0.717) is 10.9 Å². The summed E-state index contributed by atoms with van der Waals surface area (Å²) in [7, 11) is -4.14. The number of nitriles is 1. The van der Waals surface area contributed by atoms with Crippen LogP contribution in [0.15, 0.2) is 77.7 Å². The number of rotatable bonds is 7. The second-order valence-corrected chi connectivity index (χ2v) is 8.63. The van der Waals surface area contributed by atoms with Crippen molar-refractivity contribution in [2.45, 2.75) is 10.1 Å². The zero-order chi connectivity index (χ0) is 21.6. The molecule has 8 heteroatoms. The smallest absolute Gasteiger partial charge is 0.251 e. The van der Waals surface area contributed by atoms with Gasteiger partial charge in [-0.15, -0.1) is 0 Å². The van der Waals surface area contributed by atoms with E-state index in [9.17, 15) is 18.0 Å². The van der Waals surface area contributed by atoms with Gasteiger partial charge in [0, 0.05) is 12.1 Å². The van der Waals surface area contributed by atoms with Gasteiger partial charge in [0.2, 0.25) is 5.91 Å². The number of hydrogen-bond donors (Lipinski definition) is 2. The van der Waals surface area contributed by atoms with E-state index in [-0.39, 0.29) is 11.4 Å². The Labute approximate surface area is 174 Å². The number of benzene rings is 3. The first kappa shape index (κ1) is 21.0. The lowest BCUT2D eigenvalue weighted by atomic mass is 10.1. The van der Waals surface area contributed by atoms with Crippen LogP contribution in [0.5, 0.6) is 0 Å². The fraction of sp³-hybridized carbons (Fsp3) is 0.136. The van der Waals surface area contributed by atoms with E-state index in [4.69, 9.17) is 5.26 Å². The lowest BCUT2D eigenvalue weighted by Crippen LogP contribution is -2.47. The van der Waals surface area contributed by atoms with Gasteiger partial charge in [-0.1, -0.05) is 48.5 Å². The first-order chi connectivity index (χ1) is 14.4. The monoisotopic (exact) mass is 421 g/mol. The second-order valence-electron chi connectivity index (χ2n) is 6.49. The number of carbonyl (C=O) groups excluding carboxylic acids is 2. The molecular formula is C22H19N3O4S. The Balaban J connectivity index is 1.90. The van der Waals surface area contributed by atoms with Crippen LogP contribution in [0, 0.1) is 11.3 Å². The number of hydrogen-bond acceptors (Lipinski definition) is 5. The third-order valence-corrected chi connectivity index (χ3v) is 6.58. The number of nitrogens with one attached hydrogen (secondary N) is 2. The summed E-state index contributed by atoms with van der Waals surface area (Å²) >= 11 is 0. The summed E-state index contributed by atoms with van der Waals surface area (Å²) in [5.74, 6) is -1.35. The summed E-state index contributed by atoms with van der Waals surface area (Å²) in [5, 5.41) is 13.5. The number of amides is 2. The van der Waals surface area contributed by atoms with Crippen molar-refractivity contribution in [3.63, 3.8) is 0 Å². The van der Waals surface area contributed by atoms with Crippen LogP contribution < -0.4 is 10.6 Å². The molecule has 0 bridgehead atoms. The Morgan fingerprint density at radius 1 is 0.900 bits per heavy atom. The van der Waals surface area contributed by atoms with Crippen molar-refractivity contribution >= 4 is 32.4 Å². The lowest BCUT2D eigenvalue weighted by Gasteiger charge is -2.18. The predicted molar refractivity (Wildman–Crippen MR) is 112 cm³/mol. The molecule has 0 aromatic heterocycles. The molecule has 2 N–H and O–H groups in total. The number of fused-ring (bicyclic) bond motifs is 1. The average Bonchev–Trinajstić information content (AvgIpc) is 2.77. The highest BCUT2D eigenvalue weighted by atomic mass is 32.2. The highest BCUT2D eigenvalue weighted by Gasteiger charge is 2.34. The average molecular weight is 421 g/mol. The first-order valence-electron chi connectivity index (χ1n) is 9.14. The minimum Gasteiger partial charge on any atom is -0.350 e. The third-order valence-electron chi connectivity index (χ3n) is 4.54. The topological polar surface area (TPSA) is 116 Å². The van der Waals surface area contributed by atoms with Crippen LogP contribution >= 0.6 is 0 Å². The van der Waals surface area contributed by atoms with E-state index in [1.54, 1.807) is 54.6 Å². The van der Waals surface area contributed by atoms with Crippen molar-refractivity contribution in [3.05, 3.63) is 78.4 Å². The molecule has 0 saturated heterocycles. The number of nitrogens with zero attached hydrogens (tertiary/aromatic N) is 1. The molecule has 3 aromatic carbocycles. The third kappa shape index (κ3) is 4.64. The van der Waals surface area contributed by atoms with Crippen LogP contribution in [0.2, 0.25) is 0 Å². The molecule has 1 unspecified atom stereocenters. The molecule has 0 fully saturated rings. The second kappa shape index (κ2) is 9.20. The van der Waals surface area contributed by atoms with Crippen molar-refractivity contribution in [2.24, 2.45) is 0 Å². The summed E-state index contributed by atoms with van der Waals surface area (Å²) in [6.45, 7) is -0.768. The van der Waals surface area contributed by atoms with E-state index < -0.39 is 33.4 Å². The van der Waals surface area contributed by atoms with Crippen LogP contribution in [-0.2, 0) is 14.6 Å². The molecule has 152 valence electrons. The lowest BCUT2D eigenvalue weighted by molar-refractivity contribution is -0.120. The van der Waals surface area contributed by atoms with Gasteiger partial charge in [0.05, 0.1) is 11.0 Å². The Morgan fingerprint density at radius 2 is 1.57 bits per heavy atom. The largest absolute Gasteiger partial charge is 0.350 e. The molecule has 2 amide bonds. The number of sulfone groups is 1. The van der Waals surface area contributed by atoms with E-state index in [1.165, 1.54) is 12.1 Å². The van der Waals surface area contributed by atoms with Crippen LogP contribution in [-0.4, -0.2) is 38.6 Å². The van der Waals surface area contributed by atoms with Crippen LogP contribution in [0.1, 0.15) is 10.4 Å². The van der Waals surface area contributed by atoms with Crippen LogP contribution in [0.3, 0.4) is 0 Å². The summed E-state index contributed by atoms with van der Waals surface area (Å²) in [4.78, 5) is 24.8. The fourth-order valence-corrected chi connectivity index (χ4v) is 4.51. The van der Waals surface area contributed by atoms with E-state index in [0.717, 1.165) is 5.39 Å². The van der Waals surface area contributed by atoms with Gasteiger partial charge in [0.15, 0.2) is 15.1 Å².